The molecule has 1 heterocycles. The summed E-state index contributed by atoms with van der Waals surface area (Å²) in [7, 11) is 1.86. The van der Waals surface area contributed by atoms with E-state index in [1.165, 1.54) is 5.56 Å². The number of rotatable bonds is 5. The second-order valence-electron chi connectivity index (χ2n) is 6.59. The van der Waals surface area contributed by atoms with Crippen LogP contribution in [0.25, 0.3) is 0 Å². The summed E-state index contributed by atoms with van der Waals surface area (Å²) in [6, 6.07) is 4.38. The van der Waals surface area contributed by atoms with E-state index in [0.717, 1.165) is 16.8 Å². The predicted molar refractivity (Wildman–Crippen MR) is 92.6 cm³/mol. The first-order valence-corrected chi connectivity index (χ1v) is 8.16. The lowest BCUT2D eigenvalue weighted by molar-refractivity contribution is -0.126. The fourth-order valence-electron chi connectivity index (χ4n) is 3.20. The third kappa shape index (κ3) is 3.91. The van der Waals surface area contributed by atoms with E-state index in [1.54, 1.807) is 4.90 Å². The van der Waals surface area contributed by atoms with E-state index in [9.17, 15) is 9.59 Å². The SMILES string of the molecule is CNC(C)CNC(=O)C1CC(=O)N(c2c(C)cc(C)cc2C)C1. The van der Waals surface area contributed by atoms with Crippen molar-refractivity contribution in [3.8, 4) is 0 Å². The summed E-state index contributed by atoms with van der Waals surface area (Å²) in [6.45, 7) is 9.13. The van der Waals surface area contributed by atoms with Crippen LogP contribution in [0.15, 0.2) is 12.1 Å². The standard InChI is InChI=1S/C18H27N3O2/c1-11-6-12(2)17(13(3)7-11)21-10-15(8-16(21)22)18(23)20-9-14(4)19-5/h6-7,14-15,19H,8-10H2,1-5H3,(H,20,23). The van der Waals surface area contributed by atoms with Gasteiger partial charge in [0.1, 0.15) is 0 Å². The van der Waals surface area contributed by atoms with E-state index < -0.39 is 0 Å². The highest BCUT2D eigenvalue weighted by Crippen LogP contribution is 2.31. The molecule has 126 valence electrons. The van der Waals surface area contributed by atoms with Crippen LogP contribution in [-0.4, -0.2) is 38.0 Å². The molecule has 2 unspecified atom stereocenters. The average Bonchev–Trinajstić information content (AvgIpc) is 2.85. The number of carbonyl (C=O) groups is 2. The number of aryl methyl sites for hydroxylation is 3. The minimum absolute atomic E-state index is 0.0295. The first-order valence-electron chi connectivity index (χ1n) is 8.16. The molecule has 23 heavy (non-hydrogen) atoms. The predicted octanol–water partition coefficient (Wildman–Crippen LogP) is 1.69. The second-order valence-corrected chi connectivity index (χ2v) is 6.59. The van der Waals surface area contributed by atoms with Gasteiger partial charge in [0.2, 0.25) is 11.8 Å². The lowest BCUT2D eigenvalue weighted by Gasteiger charge is -2.22. The van der Waals surface area contributed by atoms with Crippen molar-refractivity contribution >= 4 is 17.5 Å². The number of likely N-dealkylation sites (N-methyl/N-ethyl adjacent to an activating group) is 1. The summed E-state index contributed by atoms with van der Waals surface area (Å²) < 4.78 is 0. The summed E-state index contributed by atoms with van der Waals surface area (Å²) in [5.74, 6) is -0.279. The quantitative estimate of drug-likeness (QED) is 0.869. The van der Waals surface area contributed by atoms with E-state index >= 15 is 0 Å². The van der Waals surface area contributed by atoms with Crippen LogP contribution in [0.3, 0.4) is 0 Å². The Kier molecular flexibility index (Phi) is 5.42. The third-order valence-corrected chi connectivity index (χ3v) is 4.48. The van der Waals surface area contributed by atoms with Gasteiger partial charge in [0, 0.05) is 31.2 Å². The maximum atomic E-state index is 12.4. The van der Waals surface area contributed by atoms with Crippen LogP contribution >= 0.6 is 0 Å². The summed E-state index contributed by atoms with van der Waals surface area (Å²) in [5, 5.41) is 6.01. The monoisotopic (exact) mass is 317 g/mol. The number of anilines is 1. The molecule has 1 saturated heterocycles. The van der Waals surface area contributed by atoms with E-state index in [-0.39, 0.29) is 30.2 Å². The van der Waals surface area contributed by atoms with Gasteiger partial charge >= 0.3 is 0 Å². The molecular formula is C18H27N3O2. The lowest BCUT2D eigenvalue weighted by atomic mass is 10.0. The molecule has 1 fully saturated rings. The van der Waals surface area contributed by atoms with Gasteiger partial charge in [-0.3, -0.25) is 9.59 Å². The maximum Gasteiger partial charge on any atom is 0.227 e. The van der Waals surface area contributed by atoms with E-state index in [1.807, 2.05) is 27.8 Å². The van der Waals surface area contributed by atoms with Crippen LogP contribution in [0.4, 0.5) is 5.69 Å². The molecule has 0 aromatic heterocycles. The molecule has 2 N–H and O–H groups in total. The summed E-state index contributed by atoms with van der Waals surface area (Å²) >= 11 is 0. The highest BCUT2D eigenvalue weighted by atomic mass is 16.2. The van der Waals surface area contributed by atoms with Gasteiger partial charge in [-0.25, -0.2) is 0 Å². The van der Waals surface area contributed by atoms with E-state index in [4.69, 9.17) is 0 Å². The molecule has 1 aliphatic rings. The molecule has 0 radical (unpaired) electrons. The van der Waals surface area contributed by atoms with Gasteiger partial charge < -0.3 is 15.5 Å². The van der Waals surface area contributed by atoms with Crippen molar-refractivity contribution in [2.24, 2.45) is 5.92 Å². The fraction of sp³-hybridized carbons (Fsp3) is 0.556. The van der Waals surface area contributed by atoms with Crippen molar-refractivity contribution < 1.29 is 9.59 Å². The minimum Gasteiger partial charge on any atom is -0.354 e. The second kappa shape index (κ2) is 7.13. The number of nitrogens with one attached hydrogen (secondary N) is 2. The van der Waals surface area contributed by atoms with Crippen LogP contribution in [0.2, 0.25) is 0 Å². The molecule has 0 saturated carbocycles. The summed E-state index contributed by atoms with van der Waals surface area (Å²) in [5.41, 5.74) is 4.31. The normalized spacial score (nSPS) is 19.1. The fourth-order valence-corrected chi connectivity index (χ4v) is 3.20. The molecule has 1 aromatic carbocycles. The van der Waals surface area contributed by atoms with Crippen LogP contribution in [0.5, 0.6) is 0 Å². The first-order chi connectivity index (χ1) is 10.8. The zero-order valence-corrected chi connectivity index (χ0v) is 14.7. The van der Waals surface area contributed by atoms with Crippen molar-refractivity contribution in [2.45, 2.75) is 40.2 Å². The van der Waals surface area contributed by atoms with Gasteiger partial charge in [0.05, 0.1) is 5.92 Å². The average molecular weight is 317 g/mol. The van der Waals surface area contributed by atoms with Gasteiger partial charge in [-0.1, -0.05) is 17.7 Å². The molecule has 0 aliphatic carbocycles. The Morgan fingerprint density at radius 2 is 1.91 bits per heavy atom. The first kappa shape index (κ1) is 17.5. The summed E-state index contributed by atoms with van der Waals surface area (Å²) in [6.07, 6.45) is 0.284. The van der Waals surface area contributed by atoms with E-state index in [2.05, 4.69) is 29.7 Å². The Labute approximate surface area is 138 Å². The molecule has 2 rings (SSSR count). The molecule has 5 nitrogen and oxygen atoms in total. The largest absolute Gasteiger partial charge is 0.354 e. The van der Waals surface area contributed by atoms with Gasteiger partial charge in [0.25, 0.3) is 0 Å². The van der Waals surface area contributed by atoms with Crippen LogP contribution in [0.1, 0.15) is 30.0 Å². The van der Waals surface area contributed by atoms with Crippen molar-refractivity contribution in [3.63, 3.8) is 0 Å². The molecule has 2 atom stereocenters. The van der Waals surface area contributed by atoms with Gasteiger partial charge in [-0.05, 0) is 45.9 Å². The molecular weight excluding hydrogens is 290 g/mol. The Balaban J connectivity index is 2.10. The Bertz CT molecular complexity index is 589. The van der Waals surface area contributed by atoms with Gasteiger partial charge in [-0.2, -0.15) is 0 Å². The number of benzene rings is 1. The molecule has 1 aromatic rings. The molecule has 1 aliphatic heterocycles. The highest BCUT2D eigenvalue weighted by molar-refractivity contribution is 6.01. The number of hydrogen-bond acceptors (Lipinski definition) is 3. The third-order valence-electron chi connectivity index (χ3n) is 4.48. The number of hydrogen-bond donors (Lipinski definition) is 2. The van der Waals surface area contributed by atoms with Crippen molar-refractivity contribution in [1.29, 1.82) is 0 Å². The zero-order valence-electron chi connectivity index (χ0n) is 14.7. The highest BCUT2D eigenvalue weighted by Gasteiger charge is 2.36. The minimum atomic E-state index is -0.272. The lowest BCUT2D eigenvalue weighted by Crippen LogP contribution is -2.40. The number of carbonyl (C=O) groups excluding carboxylic acids is 2. The summed E-state index contributed by atoms with van der Waals surface area (Å²) in [4.78, 5) is 26.5. The van der Waals surface area contributed by atoms with Crippen molar-refractivity contribution in [2.75, 3.05) is 25.0 Å². The van der Waals surface area contributed by atoms with Crippen LogP contribution < -0.4 is 15.5 Å². The van der Waals surface area contributed by atoms with E-state index in [0.29, 0.717) is 13.1 Å². The van der Waals surface area contributed by atoms with Crippen LogP contribution in [0, 0.1) is 26.7 Å². The Hall–Kier alpha value is -1.88. The van der Waals surface area contributed by atoms with Crippen molar-refractivity contribution in [3.05, 3.63) is 28.8 Å². The van der Waals surface area contributed by atoms with Gasteiger partial charge in [0.15, 0.2) is 0 Å². The molecule has 5 heteroatoms. The Morgan fingerprint density at radius 1 is 1.30 bits per heavy atom. The maximum absolute atomic E-state index is 12.4. The Morgan fingerprint density at radius 3 is 2.48 bits per heavy atom. The van der Waals surface area contributed by atoms with Crippen LogP contribution in [-0.2, 0) is 9.59 Å². The molecule has 0 bridgehead atoms. The van der Waals surface area contributed by atoms with Crippen molar-refractivity contribution in [1.82, 2.24) is 10.6 Å². The number of nitrogens with zero attached hydrogens (tertiary/aromatic N) is 1. The topological polar surface area (TPSA) is 61.4 Å². The van der Waals surface area contributed by atoms with Gasteiger partial charge in [-0.15, -0.1) is 0 Å². The smallest absolute Gasteiger partial charge is 0.227 e. The molecule has 0 spiro atoms. The molecule has 2 amide bonds. The number of amides is 2. The zero-order chi connectivity index (χ0) is 17.1.